The van der Waals surface area contributed by atoms with Crippen LogP contribution in [-0.2, 0) is 16.0 Å². The molecule has 3 nitrogen and oxygen atoms in total. The van der Waals surface area contributed by atoms with Gasteiger partial charge in [0.25, 0.3) is 0 Å². The van der Waals surface area contributed by atoms with Gasteiger partial charge in [0.15, 0.2) is 0 Å². The number of methoxy groups -OCH3 is 1. The molecule has 98 valence electrons. The molecule has 2 rings (SSSR count). The molecule has 1 N–H and O–H groups in total. The highest BCUT2D eigenvalue weighted by Gasteiger charge is 2.36. The molecule has 0 heterocycles. The van der Waals surface area contributed by atoms with E-state index in [0.29, 0.717) is 5.92 Å². The van der Waals surface area contributed by atoms with Gasteiger partial charge in [0, 0.05) is 0 Å². The van der Waals surface area contributed by atoms with E-state index in [1.807, 2.05) is 6.07 Å². The zero-order valence-electron chi connectivity index (χ0n) is 11.1. The average Bonchev–Trinajstić information content (AvgIpc) is 3.20. The summed E-state index contributed by atoms with van der Waals surface area (Å²) < 4.78 is 4.84. The molecular weight excluding hydrogens is 226 g/mol. The molecule has 0 saturated heterocycles. The van der Waals surface area contributed by atoms with Crippen LogP contribution >= 0.6 is 0 Å². The van der Waals surface area contributed by atoms with E-state index >= 15 is 0 Å². The zero-order valence-corrected chi connectivity index (χ0v) is 11.1. The van der Waals surface area contributed by atoms with Crippen LogP contribution < -0.4 is 5.32 Å². The van der Waals surface area contributed by atoms with E-state index in [2.05, 4.69) is 30.4 Å². The topological polar surface area (TPSA) is 38.3 Å². The third-order valence-corrected chi connectivity index (χ3v) is 3.57. The second kappa shape index (κ2) is 6.01. The fourth-order valence-corrected chi connectivity index (χ4v) is 2.25. The molecule has 0 radical (unpaired) electrons. The summed E-state index contributed by atoms with van der Waals surface area (Å²) in [5, 5.41) is 3.33. The molecule has 0 spiro atoms. The Hall–Kier alpha value is -1.35. The molecule has 1 fully saturated rings. The van der Waals surface area contributed by atoms with Crippen LogP contribution in [0.4, 0.5) is 0 Å². The quantitative estimate of drug-likeness (QED) is 0.782. The van der Waals surface area contributed by atoms with Crippen molar-refractivity contribution >= 4 is 5.97 Å². The number of rotatable bonds is 6. The molecular formula is C15H21NO2. The Morgan fingerprint density at radius 1 is 1.44 bits per heavy atom. The highest BCUT2D eigenvalue weighted by molar-refractivity contribution is 5.76. The van der Waals surface area contributed by atoms with Crippen LogP contribution in [0.5, 0.6) is 0 Å². The monoisotopic (exact) mass is 247 g/mol. The van der Waals surface area contributed by atoms with Crippen LogP contribution in [0.2, 0.25) is 0 Å². The van der Waals surface area contributed by atoms with Gasteiger partial charge >= 0.3 is 5.97 Å². The Labute approximate surface area is 109 Å². The molecule has 0 amide bonds. The molecule has 1 aliphatic rings. The molecule has 1 aliphatic carbocycles. The van der Waals surface area contributed by atoms with Crippen molar-refractivity contribution in [2.75, 3.05) is 13.7 Å². The van der Waals surface area contributed by atoms with Crippen LogP contribution in [0, 0.1) is 12.8 Å². The lowest BCUT2D eigenvalue weighted by Gasteiger charge is -2.16. The molecule has 0 aromatic heterocycles. The van der Waals surface area contributed by atoms with E-state index in [0.717, 1.165) is 25.8 Å². The van der Waals surface area contributed by atoms with Crippen LogP contribution in [0.1, 0.15) is 24.0 Å². The first-order chi connectivity index (χ1) is 8.72. The second-order valence-electron chi connectivity index (χ2n) is 4.97. The van der Waals surface area contributed by atoms with Gasteiger partial charge in [-0.3, -0.25) is 4.79 Å². The summed E-state index contributed by atoms with van der Waals surface area (Å²) in [6.07, 6.45) is 3.22. The van der Waals surface area contributed by atoms with Crippen molar-refractivity contribution < 1.29 is 9.53 Å². The number of aryl methyl sites for hydroxylation is 1. The number of nitrogens with one attached hydrogen (secondary N) is 1. The van der Waals surface area contributed by atoms with E-state index in [4.69, 9.17) is 4.74 Å². The third kappa shape index (κ3) is 3.33. The minimum Gasteiger partial charge on any atom is -0.468 e. The standard InChI is InChI=1S/C15H21NO2/c1-11-5-3-4-6-12(11)9-10-16-14(13-7-8-13)15(17)18-2/h3-6,13-14,16H,7-10H2,1-2H3. The lowest BCUT2D eigenvalue weighted by molar-refractivity contribution is -0.143. The van der Waals surface area contributed by atoms with E-state index in [1.54, 1.807) is 0 Å². The predicted molar refractivity (Wildman–Crippen MR) is 71.4 cm³/mol. The first-order valence-electron chi connectivity index (χ1n) is 6.58. The molecule has 18 heavy (non-hydrogen) atoms. The van der Waals surface area contributed by atoms with Crippen LogP contribution in [0.15, 0.2) is 24.3 Å². The van der Waals surface area contributed by atoms with Gasteiger partial charge in [-0.15, -0.1) is 0 Å². The fourth-order valence-electron chi connectivity index (χ4n) is 2.25. The van der Waals surface area contributed by atoms with Crippen molar-refractivity contribution in [3.63, 3.8) is 0 Å². The van der Waals surface area contributed by atoms with Gasteiger partial charge in [-0.05, 0) is 49.8 Å². The molecule has 1 saturated carbocycles. The molecule has 0 aliphatic heterocycles. The molecule has 3 heteroatoms. The van der Waals surface area contributed by atoms with E-state index in [1.165, 1.54) is 18.2 Å². The Morgan fingerprint density at radius 3 is 2.78 bits per heavy atom. The van der Waals surface area contributed by atoms with Gasteiger partial charge in [-0.2, -0.15) is 0 Å². The Kier molecular flexibility index (Phi) is 4.37. The maximum absolute atomic E-state index is 11.6. The highest BCUT2D eigenvalue weighted by Crippen LogP contribution is 2.33. The van der Waals surface area contributed by atoms with Crippen molar-refractivity contribution in [2.24, 2.45) is 5.92 Å². The first kappa shape index (κ1) is 13.1. The lowest BCUT2D eigenvalue weighted by Crippen LogP contribution is -2.40. The smallest absolute Gasteiger partial charge is 0.323 e. The zero-order chi connectivity index (χ0) is 13.0. The molecule has 1 aromatic carbocycles. The van der Waals surface area contributed by atoms with Gasteiger partial charge < -0.3 is 10.1 Å². The summed E-state index contributed by atoms with van der Waals surface area (Å²) in [6.45, 7) is 2.94. The summed E-state index contributed by atoms with van der Waals surface area (Å²) in [7, 11) is 1.46. The Bertz CT molecular complexity index is 413. The molecule has 1 atom stereocenters. The highest BCUT2D eigenvalue weighted by atomic mass is 16.5. The molecule has 1 aromatic rings. The predicted octanol–water partition coefficient (Wildman–Crippen LogP) is 2.08. The number of ether oxygens (including phenoxy) is 1. The summed E-state index contributed by atoms with van der Waals surface area (Å²) >= 11 is 0. The summed E-state index contributed by atoms with van der Waals surface area (Å²) in [6, 6.07) is 8.25. The van der Waals surface area contributed by atoms with Crippen molar-refractivity contribution in [3.8, 4) is 0 Å². The molecule has 1 unspecified atom stereocenters. The van der Waals surface area contributed by atoms with Gasteiger partial charge in [0.05, 0.1) is 7.11 Å². The minimum absolute atomic E-state index is 0.112. The number of esters is 1. The van der Waals surface area contributed by atoms with Gasteiger partial charge in [0.1, 0.15) is 6.04 Å². The van der Waals surface area contributed by atoms with E-state index in [-0.39, 0.29) is 12.0 Å². The summed E-state index contributed by atoms with van der Waals surface area (Å²) in [5.41, 5.74) is 2.64. The SMILES string of the molecule is COC(=O)C(NCCc1ccccc1C)C1CC1. The number of benzene rings is 1. The van der Waals surface area contributed by atoms with E-state index < -0.39 is 0 Å². The maximum atomic E-state index is 11.6. The van der Waals surface area contributed by atoms with Crippen molar-refractivity contribution in [1.29, 1.82) is 0 Å². The maximum Gasteiger partial charge on any atom is 0.323 e. The Morgan fingerprint density at radius 2 is 2.17 bits per heavy atom. The number of hydrogen-bond donors (Lipinski definition) is 1. The first-order valence-corrected chi connectivity index (χ1v) is 6.58. The third-order valence-electron chi connectivity index (χ3n) is 3.57. The van der Waals surface area contributed by atoms with Crippen LogP contribution in [0.3, 0.4) is 0 Å². The van der Waals surface area contributed by atoms with Crippen LogP contribution in [-0.4, -0.2) is 25.7 Å². The summed E-state index contributed by atoms with van der Waals surface area (Å²) in [5.74, 6) is 0.358. The minimum atomic E-state index is -0.123. The van der Waals surface area contributed by atoms with Gasteiger partial charge in [-0.25, -0.2) is 0 Å². The summed E-state index contributed by atoms with van der Waals surface area (Å²) in [4.78, 5) is 11.6. The second-order valence-corrected chi connectivity index (χ2v) is 4.97. The Balaban J connectivity index is 1.83. The van der Waals surface area contributed by atoms with Crippen molar-refractivity contribution in [2.45, 2.75) is 32.2 Å². The van der Waals surface area contributed by atoms with Crippen molar-refractivity contribution in [3.05, 3.63) is 35.4 Å². The fraction of sp³-hybridized carbons (Fsp3) is 0.533. The molecule has 0 bridgehead atoms. The van der Waals surface area contributed by atoms with Crippen molar-refractivity contribution in [1.82, 2.24) is 5.32 Å². The number of hydrogen-bond acceptors (Lipinski definition) is 3. The number of carbonyl (C=O) groups is 1. The van der Waals surface area contributed by atoms with Gasteiger partial charge in [0.2, 0.25) is 0 Å². The van der Waals surface area contributed by atoms with Gasteiger partial charge in [-0.1, -0.05) is 24.3 Å². The lowest BCUT2D eigenvalue weighted by atomic mass is 10.1. The largest absolute Gasteiger partial charge is 0.468 e. The van der Waals surface area contributed by atoms with E-state index in [9.17, 15) is 4.79 Å². The normalized spacial score (nSPS) is 16.3. The number of carbonyl (C=O) groups excluding carboxylic acids is 1. The average molecular weight is 247 g/mol. The van der Waals surface area contributed by atoms with Crippen LogP contribution in [0.25, 0.3) is 0 Å².